The van der Waals surface area contributed by atoms with Crippen molar-refractivity contribution in [3.63, 3.8) is 0 Å². The maximum absolute atomic E-state index is 14.5. The minimum Gasteiger partial charge on any atom is -0.352 e. The molecular weight excluding hydrogens is 686 g/mol. The molecule has 0 saturated carbocycles. The number of hydrogen-bond donors (Lipinski definition) is 1. The Kier molecular flexibility index (Phi) is 11.8. The average Bonchev–Trinajstić information content (AvgIpc) is 3.02. The smallest absolute Gasteiger partial charge is 0.352 e. The van der Waals surface area contributed by atoms with E-state index in [9.17, 15) is 31.2 Å². The summed E-state index contributed by atoms with van der Waals surface area (Å²) < 4.78 is 70.7. The fourth-order valence-electron chi connectivity index (χ4n) is 5.00. The van der Waals surface area contributed by atoms with E-state index in [-0.39, 0.29) is 23.9 Å². The summed E-state index contributed by atoms with van der Waals surface area (Å²) in [6.07, 6.45) is -4.86. The van der Waals surface area contributed by atoms with Gasteiger partial charge in [0.1, 0.15) is 12.6 Å². The van der Waals surface area contributed by atoms with Gasteiger partial charge in [-0.1, -0.05) is 89.4 Å². The van der Waals surface area contributed by atoms with Crippen molar-refractivity contribution in [2.24, 2.45) is 0 Å². The Hall–Kier alpha value is -4.06. The summed E-state index contributed by atoms with van der Waals surface area (Å²) in [5.74, 6) is -1.36. The monoisotopic (exact) mass is 719 g/mol. The Bertz CT molecular complexity index is 1860. The molecule has 0 bridgehead atoms. The third-order valence-corrected chi connectivity index (χ3v) is 9.92. The summed E-state index contributed by atoms with van der Waals surface area (Å²) in [4.78, 5) is 29.2. The van der Waals surface area contributed by atoms with Crippen LogP contribution in [0.5, 0.6) is 0 Å². The molecule has 48 heavy (non-hydrogen) atoms. The maximum atomic E-state index is 14.5. The zero-order chi connectivity index (χ0) is 35.2. The summed E-state index contributed by atoms with van der Waals surface area (Å²) >= 11 is 12.4. The normalized spacial score (nSPS) is 12.4. The molecule has 0 aliphatic rings. The van der Waals surface area contributed by atoms with Crippen molar-refractivity contribution < 1.29 is 31.2 Å². The first-order valence-corrected chi connectivity index (χ1v) is 17.1. The third-order valence-electron chi connectivity index (χ3n) is 7.43. The number of nitrogens with zero attached hydrogens (tertiary/aromatic N) is 2. The number of alkyl halides is 3. The molecule has 4 aromatic rings. The number of rotatable bonds is 12. The van der Waals surface area contributed by atoms with Gasteiger partial charge in [-0.3, -0.25) is 13.9 Å². The van der Waals surface area contributed by atoms with Crippen molar-refractivity contribution in [1.82, 2.24) is 10.2 Å². The summed E-state index contributed by atoms with van der Waals surface area (Å²) in [6.45, 7) is 4.11. The molecule has 4 aromatic carbocycles. The molecule has 13 heteroatoms. The standard InChI is InChI=1S/C35H34Cl2F3N3O4S/c1-23(2)41-34(45)32(19-25-9-5-4-6-10-25)42(21-26-11-7-8-12-30(26)36)33(44)22-43(48(46,47)28-16-13-24(3)14-17-28)27-15-18-31(37)29(20-27)35(38,39)40/h4-18,20,23,32H,19,21-22H2,1-3H3,(H,41,45)/t32-/m1/s1. The lowest BCUT2D eigenvalue weighted by molar-refractivity contribution is -0.140. The molecule has 0 fully saturated rings. The van der Waals surface area contributed by atoms with Crippen LogP contribution in [0.1, 0.15) is 36.1 Å². The van der Waals surface area contributed by atoms with Crippen LogP contribution in [0.4, 0.5) is 18.9 Å². The van der Waals surface area contributed by atoms with E-state index < -0.39 is 56.9 Å². The average molecular weight is 721 g/mol. The highest BCUT2D eigenvalue weighted by atomic mass is 35.5. The molecule has 0 radical (unpaired) electrons. The van der Waals surface area contributed by atoms with Gasteiger partial charge in [0.05, 0.1) is 21.2 Å². The number of halogens is 5. The number of benzene rings is 4. The highest BCUT2D eigenvalue weighted by Gasteiger charge is 2.38. The van der Waals surface area contributed by atoms with Crippen molar-refractivity contribution in [3.05, 3.63) is 129 Å². The first-order valence-electron chi connectivity index (χ1n) is 14.9. The van der Waals surface area contributed by atoms with Crippen molar-refractivity contribution in [2.45, 2.75) is 56.9 Å². The van der Waals surface area contributed by atoms with Gasteiger partial charge in [0.2, 0.25) is 11.8 Å². The Balaban J connectivity index is 1.88. The number of anilines is 1. The second kappa shape index (κ2) is 15.4. The first-order chi connectivity index (χ1) is 22.6. The Morgan fingerprint density at radius 2 is 1.48 bits per heavy atom. The van der Waals surface area contributed by atoms with Crippen LogP contribution in [0, 0.1) is 6.92 Å². The van der Waals surface area contributed by atoms with E-state index in [0.717, 1.165) is 23.3 Å². The van der Waals surface area contributed by atoms with E-state index in [1.165, 1.54) is 29.2 Å². The zero-order valence-corrected chi connectivity index (χ0v) is 28.7. The predicted molar refractivity (Wildman–Crippen MR) is 181 cm³/mol. The van der Waals surface area contributed by atoms with Gasteiger partial charge in [-0.15, -0.1) is 0 Å². The first kappa shape index (κ1) is 36.8. The number of sulfonamides is 1. The van der Waals surface area contributed by atoms with E-state index in [1.807, 2.05) is 0 Å². The van der Waals surface area contributed by atoms with Gasteiger partial charge >= 0.3 is 6.18 Å². The fraction of sp³-hybridized carbons (Fsp3) is 0.257. The van der Waals surface area contributed by atoms with Gasteiger partial charge in [0.25, 0.3) is 10.0 Å². The van der Waals surface area contributed by atoms with Gasteiger partial charge in [0.15, 0.2) is 0 Å². The van der Waals surface area contributed by atoms with E-state index in [0.29, 0.717) is 21.0 Å². The molecule has 0 aliphatic carbocycles. The number of aryl methyl sites for hydroxylation is 1. The second-order valence-corrected chi connectivity index (χ2v) is 14.1. The quantitative estimate of drug-likeness (QED) is 0.163. The van der Waals surface area contributed by atoms with Crippen molar-refractivity contribution >= 4 is 50.7 Å². The lowest BCUT2D eigenvalue weighted by Gasteiger charge is -2.34. The van der Waals surface area contributed by atoms with Crippen molar-refractivity contribution in [2.75, 3.05) is 10.8 Å². The number of nitrogens with one attached hydrogen (secondary N) is 1. The highest BCUT2D eigenvalue weighted by Crippen LogP contribution is 2.38. The molecule has 0 unspecified atom stereocenters. The van der Waals surface area contributed by atoms with Crippen LogP contribution in [0.3, 0.4) is 0 Å². The summed E-state index contributed by atoms with van der Waals surface area (Å²) in [6, 6.07) is 22.4. The summed E-state index contributed by atoms with van der Waals surface area (Å²) in [5, 5.41) is 2.50. The molecule has 254 valence electrons. The molecule has 0 aliphatic heterocycles. The van der Waals surface area contributed by atoms with Gasteiger partial charge in [-0.05, 0) is 68.3 Å². The van der Waals surface area contributed by atoms with Crippen molar-refractivity contribution in [1.29, 1.82) is 0 Å². The lowest BCUT2D eigenvalue weighted by atomic mass is 10.0. The number of hydrogen-bond acceptors (Lipinski definition) is 4. The summed E-state index contributed by atoms with van der Waals surface area (Å²) in [7, 11) is -4.63. The molecule has 0 saturated heterocycles. The Morgan fingerprint density at radius 3 is 2.08 bits per heavy atom. The Labute approximate surface area is 288 Å². The highest BCUT2D eigenvalue weighted by molar-refractivity contribution is 7.92. The van der Waals surface area contributed by atoms with Crippen LogP contribution in [-0.2, 0) is 38.8 Å². The fourth-order valence-corrected chi connectivity index (χ4v) is 6.82. The number of amides is 2. The molecule has 1 atom stereocenters. The largest absolute Gasteiger partial charge is 0.417 e. The van der Waals surface area contributed by atoms with Crippen molar-refractivity contribution in [3.8, 4) is 0 Å². The molecular formula is C35H34Cl2F3N3O4S. The van der Waals surface area contributed by atoms with Crippen LogP contribution in [-0.4, -0.2) is 43.8 Å². The maximum Gasteiger partial charge on any atom is 0.417 e. The second-order valence-electron chi connectivity index (χ2n) is 11.5. The molecule has 0 heterocycles. The third kappa shape index (κ3) is 9.09. The van der Waals surface area contributed by atoms with Gasteiger partial charge < -0.3 is 10.2 Å². The van der Waals surface area contributed by atoms with E-state index in [1.54, 1.807) is 75.4 Å². The van der Waals surface area contributed by atoms with Crippen LogP contribution in [0.2, 0.25) is 10.0 Å². The topological polar surface area (TPSA) is 86.8 Å². The molecule has 2 amide bonds. The molecule has 4 rings (SSSR count). The SMILES string of the molecule is Cc1ccc(S(=O)(=O)N(CC(=O)N(Cc2ccccc2Cl)[C@H](Cc2ccccc2)C(=O)NC(C)C)c2ccc(Cl)c(C(F)(F)F)c2)cc1. The molecule has 0 spiro atoms. The van der Waals surface area contributed by atoms with Crippen LogP contribution >= 0.6 is 23.2 Å². The summed E-state index contributed by atoms with van der Waals surface area (Å²) in [5.41, 5.74) is 0.221. The minimum atomic E-state index is -4.91. The van der Waals surface area contributed by atoms with Crippen LogP contribution in [0.25, 0.3) is 0 Å². The van der Waals surface area contributed by atoms with Gasteiger partial charge in [-0.2, -0.15) is 13.2 Å². The Morgan fingerprint density at radius 1 is 0.854 bits per heavy atom. The number of carbonyl (C=O) groups is 2. The van der Waals surface area contributed by atoms with Gasteiger partial charge in [-0.25, -0.2) is 8.42 Å². The van der Waals surface area contributed by atoms with Crippen LogP contribution in [0.15, 0.2) is 102 Å². The predicted octanol–water partition coefficient (Wildman–Crippen LogP) is 7.68. The van der Waals surface area contributed by atoms with Crippen LogP contribution < -0.4 is 9.62 Å². The zero-order valence-electron chi connectivity index (χ0n) is 26.3. The molecule has 0 aromatic heterocycles. The van der Waals surface area contributed by atoms with E-state index in [2.05, 4.69) is 5.32 Å². The minimum absolute atomic E-state index is 0.0550. The van der Waals surface area contributed by atoms with E-state index >= 15 is 0 Å². The molecule has 1 N–H and O–H groups in total. The van der Waals surface area contributed by atoms with Gasteiger partial charge in [0, 0.05) is 24.0 Å². The lowest BCUT2D eigenvalue weighted by Crippen LogP contribution is -2.54. The van der Waals surface area contributed by atoms with E-state index in [4.69, 9.17) is 23.2 Å². The molecule has 7 nitrogen and oxygen atoms in total. The number of carbonyl (C=O) groups excluding carboxylic acids is 2.